The van der Waals surface area contributed by atoms with Crippen molar-refractivity contribution in [1.29, 1.82) is 0 Å². The third-order valence-corrected chi connectivity index (χ3v) is 6.98. The van der Waals surface area contributed by atoms with E-state index in [4.69, 9.17) is 0 Å². The van der Waals surface area contributed by atoms with Crippen molar-refractivity contribution in [2.45, 2.75) is 13.3 Å². The maximum atomic E-state index is 2.47. The van der Waals surface area contributed by atoms with Crippen molar-refractivity contribution in [3.05, 3.63) is 126 Å². The minimum atomic E-state index is 0.920. The summed E-state index contributed by atoms with van der Waals surface area (Å²) in [6.07, 6.45) is 5.49. The van der Waals surface area contributed by atoms with Crippen LogP contribution in [-0.4, -0.2) is 0 Å². The Balaban J connectivity index is 1.64. The first-order valence-corrected chi connectivity index (χ1v) is 11.9. The number of rotatable bonds is 2. The molecule has 1 aliphatic carbocycles. The monoisotopic (exact) mass is 436 g/mol. The third kappa shape index (κ3) is 2.75. The van der Waals surface area contributed by atoms with Crippen molar-refractivity contribution in [3.63, 3.8) is 0 Å². The Morgan fingerprint density at radius 2 is 1.35 bits per heavy atom. The molecule has 1 aliphatic heterocycles. The molecular weight excluding hydrogens is 412 g/mol. The van der Waals surface area contributed by atoms with Gasteiger partial charge in [-0.1, -0.05) is 72.8 Å². The van der Waals surface area contributed by atoms with Crippen LogP contribution in [0.2, 0.25) is 0 Å². The molecule has 0 atom stereocenters. The van der Waals surface area contributed by atoms with Gasteiger partial charge < -0.3 is 9.80 Å². The zero-order chi connectivity index (χ0) is 22.6. The molecule has 0 spiro atoms. The molecule has 1 heterocycles. The Bertz CT molecular complexity index is 1580. The Labute approximate surface area is 200 Å². The predicted octanol–water partition coefficient (Wildman–Crippen LogP) is 8.97. The van der Waals surface area contributed by atoms with E-state index in [2.05, 4.69) is 132 Å². The molecular formula is C32H24N2. The summed E-state index contributed by atoms with van der Waals surface area (Å²) in [6.45, 7) is 2.17. The third-order valence-electron chi connectivity index (χ3n) is 6.98. The summed E-state index contributed by atoms with van der Waals surface area (Å²) in [4.78, 5) is 4.91. The highest BCUT2D eigenvalue weighted by atomic mass is 15.3. The molecule has 5 aromatic carbocycles. The van der Waals surface area contributed by atoms with Crippen molar-refractivity contribution in [2.24, 2.45) is 0 Å². The van der Waals surface area contributed by atoms with E-state index in [-0.39, 0.29) is 0 Å². The molecule has 2 heteroatoms. The number of para-hydroxylation sites is 2. The van der Waals surface area contributed by atoms with E-state index in [0.29, 0.717) is 0 Å². The molecule has 0 aromatic heterocycles. The molecule has 5 aromatic rings. The number of hydrogen-bond donors (Lipinski definition) is 0. The zero-order valence-corrected chi connectivity index (χ0v) is 19.1. The molecule has 162 valence electrons. The van der Waals surface area contributed by atoms with Crippen molar-refractivity contribution in [1.82, 2.24) is 0 Å². The Hall–Kier alpha value is -4.30. The van der Waals surface area contributed by atoms with E-state index in [9.17, 15) is 0 Å². The summed E-state index contributed by atoms with van der Waals surface area (Å²) < 4.78 is 0. The molecule has 0 amide bonds. The van der Waals surface area contributed by atoms with E-state index in [1.807, 2.05) is 0 Å². The smallest absolute Gasteiger partial charge is 0.0745 e. The molecule has 0 N–H and O–H groups in total. The van der Waals surface area contributed by atoms with Crippen LogP contribution in [0.3, 0.4) is 0 Å². The Morgan fingerprint density at radius 3 is 2.12 bits per heavy atom. The maximum Gasteiger partial charge on any atom is 0.0745 e. The van der Waals surface area contributed by atoms with Crippen LogP contribution in [0.5, 0.6) is 0 Å². The largest absolute Gasteiger partial charge is 0.306 e. The van der Waals surface area contributed by atoms with Gasteiger partial charge in [0.2, 0.25) is 0 Å². The Morgan fingerprint density at radius 1 is 0.618 bits per heavy atom. The highest BCUT2D eigenvalue weighted by molar-refractivity contribution is 6.10. The van der Waals surface area contributed by atoms with E-state index in [1.165, 1.54) is 61.6 Å². The van der Waals surface area contributed by atoms with Gasteiger partial charge in [0.05, 0.1) is 22.7 Å². The lowest BCUT2D eigenvalue weighted by Gasteiger charge is -2.42. The first-order valence-electron chi connectivity index (χ1n) is 11.9. The predicted molar refractivity (Wildman–Crippen MR) is 144 cm³/mol. The van der Waals surface area contributed by atoms with Gasteiger partial charge in [0.15, 0.2) is 0 Å². The molecule has 2 nitrogen and oxygen atoms in total. The first kappa shape index (κ1) is 19.2. The van der Waals surface area contributed by atoms with Crippen molar-refractivity contribution < 1.29 is 0 Å². The van der Waals surface area contributed by atoms with Crippen molar-refractivity contribution >= 4 is 51.0 Å². The fourth-order valence-corrected chi connectivity index (χ4v) is 5.56. The van der Waals surface area contributed by atoms with Gasteiger partial charge >= 0.3 is 0 Å². The molecule has 0 fully saturated rings. The van der Waals surface area contributed by atoms with Crippen LogP contribution in [0.15, 0.2) is 109 Å². The quantitative estimate of drug-likeness (QED) is 0.267. The van der Waals surface area contributed by atoms with E-state index in [0.717, 1.165) is 6.42 Å². The van der Waals surface area contributed by atoms with Crippen LogP contribution >= 0.6 is 0 Å². The number of aryl methyl sites for hydroxylation is 1. The number of benzene rings is 5. The molecule has 2 aliphatic rings. The average molecular weight is 437 g/mol. The van der Waals surface area contributed by atoms with E-state index in [1.54, 1.807) is 0 Å². The normalized spacial score (nSPS) is 13.7. The average Bonchev–Trinajstić information content (AvgIpc) is 2.89. The first-order chi connectivity index (χ1) is 16.8. The molecule has 0 radical (unpaired) electrons. The fraction of sp³-hybridized carbons (Fsp3) is 0.0625. The second-order valence-electron chi connectivity index (χ2n) is 9.11. The summed E-state index contributed by atoms with van der Waals surface area (Å²) in [5.41, 5.74) is 11.2. The molecule has 34 heavy (non-hydrogen) atoms. The summed E-state index contributed by atoms with van der Waals surface area (Å²) in [6, 6.07) is 37.4. The standard InChI is InChI=1S/C32H24N2/c1-22-18-19-28-29(20-22)33(25-13-4-2-5-14-25)30-21-24-12-8-10-23-11-9-17-27(31(23)24)32(30)34(28)26-15-6-3-7-16-26/h2-16,18-21H,17H2,1H3. The number of fused-ring (bicyclic) bond motifs is 3. The number of hydrogen-bond acceptors (Lipinski definition) is 2. The highest BCUT2D eigenvalue weighted by Gasteiger charge is 2.34. The maximum absolute atomic E-state index is 2.47. The molecule has 0 bridgehead atoms. The van der Waals surface area contributed by atoms with Gasteiger partial charge in [0.25, 0.3) is 0 Å². The van der Waals surface area contributed by atoms with Crippen LogP contribution < -0.4 is 9.80 Å². The Kier molecular flexibility index (Phi) is 4.16. The highest BCUT2D eigenvalue weighted by Crippen LogP contribution is 2.57. The van der Waals surface area contributed by atoms with Gasteiger partial charge in [-0.05, 0) is 83.3 Å². The topological polar surface area (TPSA) is 6.48 Å². The van der Waals surface area contributed by atoms with Gasteiger partial charge in [-0.15, -0.1) is 0 Å². The number of allylic oxidation sites excluding steroid dienone is 1. The second-order valence-corrected chi connectivity index (χ2v) is 9.11. The van der Waals surface area contributed by atoms with E-state index < -0.39 is 0 Å². The molecule has 7 rings (SSSR count). The van der Waals surface area contributed by atoms with Crippen LogP contribution in [0, 0.1) is 6.92 Å². The molecule has 0 saturated heterocycles. The summed E-state index contributed by atoms with van der Waals surface area (Å²) in [7, 11) is 0. The van der Waals surface area contributed by atoms with Crippen molar-refractivity contribution in [2.75, 3.05) is 9.80 Å². The summed E-state index contributed by atoms with van der Waals surface area (Å²) >= 11 is 0. The minimum Gasteiger partial charge on any atom is -0.306 e. The lowest BCUT2D eigenvalue weighted by molar-refractivity contribution is 1.13. The minimum absolute atomic E-state index is 0.920. The van der Waals surface area contributed by atoms with Gasteiger partial charge in [-0.2, -0.15) is 0 Å². The van der Waals surface area contributed by atoms with Crippen LogP contribution in [-0.2, 0) is 6.42 Å². The lowest BCUT2D eigenvalue weighted by Crippen LogP contribution is -2.25. The zero-order valence-electron chi connectivity index (χ0n) is 19.1. The lowest BCUT2D eigenvalue weighted by atomic mass is 9.88. The second kappa shape index (κ2) is 7.36. The van der Waals surface area contributed by atoms with Crippen LogP contribution in [0.1, 0.15) is 16.7 Å². The fourth-order valence-electron chi connectivity index (χ4n) is 5.56. The van der Waals surface area contributed by atoms with Crippen molar-refractivity contribution in [3.8, 4) is 0 Å². The summed E-state index contributed by atoms with van der Waals surface area (Å²) in [5.74, 6) is 0. The van der Waals surface area contributed by atoms with Gasteiger partial charge in [0.1, 0.15) is 0 Å². The molecule has 0 unspecified atom stereocenters. The van der Waals surface area contributed by atoms with Crippen LogP contribution in [0.4, 0.5) is 34.1 Å². The number of anilines is 6. The summed E-state index contributed by atoms with van der Waals surface area (Å²) in [5, 5.41) is 2.66. The SMILES string of the molecule is Cc1ccc2c(c1)N(c1ccccc1)c1cc3cccc4c3c(c1N2c1ccccc1)CC=C4. The van der Waals surface area contributed by atoms with Gasteiger partial charge in [-0.25, -0.2) is 0 Å². The van der Waals surface area contributed by atoms with Crippen LogP contribution in [0.25, 0.3) is 16.8 Å². The van der Waals surface area contributed by atoms with E-state index >= 15 is 0 Å². The van der Waals surface area contributed by atoms with Gasteiger partial charge in [-0.3, -0.25) is 0 Å². The van der Waals surface area contributed by atoms with Gasteiger partial charge in [0, 0.05) is 11.4 Å². The molecule has 0 saturated carbocycles. The number of nitrogens with zero attached hydrogens (tertiary/aromatic N) is 2.